The molecule has 2 aromatic heterocycles. The molecule has 0 aliphatic carbocycles. The summed E-state index contributed by atoms with van der Waals surface area (Å²) in [6.45, 7) is 2.89. The van der Waals surface area contributed by atoms with Crippen LogP contribution in [0.5, 0.6) is 5.88 Å². The third-order valence-electron chi connectivity index (χ3n) is 4.61. The Labute approximate surface area is 162 Å². The number of rotatable bonds is 4. The Balaban J connectivity index is 1.39. The Kier molecular flexibility index (Phi) is 5.02. The minimum Gasteiger partial charge on any atom is -0.481 e. The lowest BCUT2D eigenvalue weighted by Gasteiger charge is -2.35. The minimum absolute atomic E-state index is 0.000868. The van der Waals surface area contributed by atoms with Crippen LogP contribution in [0, 0.1) is 0 Å². The molecule has 27 heavy (non-hydrogen) atoms. The van der Waals surface area contributed by atoms with Crippen molar-refractivity contribution in [1.82, 2.24) is 14.9 Å². The quantitative estimate of drug-likeness (QED) is 0.696. The van der Waals surface area contributed by atoms with Crippen LogP contribution in [0.25, 0.3) is 10.6 Å². The molecule has 0 radical (unpaired) electrons. The molecule has 1 aromatic carbocycles. The monoisotopic (exact) mass is 380 g/mol. The number of benzene rings is 1. The smallest absolute Gasteiger partial charge is 0.273 e. The van der Waals surface area contributed by atoms with E-state index in [0.29, 0.717) is 24.7 Å². The van der Waals surface area contributed by atoms with Crippen LogP contribution >= 0.6 is 11.3 Å². The Morgan fingerprint density at radius 3 is 2.52 bits per heavy atom. The summed E-state index contributed by atoms with van der Waals surface area (Å²) in [5, 5.41) is 2.73. The second-order valence-corrected chi connectivity index (χ2v) is 7.10. The van der Waals surface area contributed by atoms with Gasteiger partial charge in [0.05, 0.1) is 19.0 Å². The van der Waals surface area contributed by atoms with E-state index < -0.39 is 0 Å². The van der Waals surface area contributed by atoms with Crippen molar-refractivity contribution in [1.29, 1.82) is 0 Å². The molecule has 1 aliphatic heterocycles. The standard InChI is InChI=1S/C20H20N4O2S/c1-26-18-8-7-16(13-21-18)23-9-11-24(12-10-23)20(25)17-14-27-19(22-17)15-5-3-2-4-6-15/h2-8,13-14H,9-12H2,1H3. The van der Waals surface area contributed by atoms with Gasteiger partial charge in [0, 0.05) is 43.2 Å². The molecular weight excluding hydrogens is 360 g/mol. The lowest BCUT2D eigenvalue weighted by atomic mass is 10.2. The third-order valence-corrected chi connectivity index (χ3v) is 5.50. The van der Waals surface area contributed by atoms with E-state index in [9.17, 15) is 4.79 Å². The molecular formula is C20H20N4O2S. The third kappa shape index (κ3) is 3.78. The fraction of sp³-hybridized carbons (Fsp3) is 0.250. The van der Waals surface area contributed by atoms with Gasteiger partial charge >= 0.3 is 0 Å². The molecule has 0 unspecified atom stereocenters. The van der Waals surface area contributed by atoms with E-state index in [4.69, 9.17) is 4.74 Å². The molecule has 1 amide bonds. The van der Waals surface area contributed by atoms with Crippen LogP contribution < -0.4 is 9.64 Å². The highest BCUT2D eigenvalue weighted by Crippen LogP contribution is 2.24. The van der Waals surface area contributed by atoms with Gasteiger partial charge < -0.3 is 14.5 Å². The summed E-state index contributed by atoms with van der Waals surface area (Å²) in [6.07, 6.45) is 1.81. The largest absolute Gasteiger partial charge is 0.481 e. The lowest BCUT2D eigenvalue weighted by molar-refractivity contribution is 0.0742. The lowest BCUT2D eigenvalue weighted by Crippen LogP contribution is -2.48. The first kappa shape index (κ1) is 17.5. The van der Waals surface area contributed by atoms with Crippen LogP contribution in [0.4, 0.5) is 5.69 Å². The summed E-state index contributed by atoms with van der Waals surface area (Å²) in [7, 11) is 1.61. The van der Waals surface area contributed by atoms with E-state index in [2.05, 4.69) is 14.9 Å². The average Bonchev–Trinajstić information content (AvgIpc) is 3.24. The van der Waals surface area contributed by atoms with Crippen molar-refractivity contribution in [2.75, 3.05) is 38.2 Å². The van der Waals surface area contributed by atoms with Crippen molar-refractivity contribution in [3.63, 3.8) is 0 Å². The first-order valence-corrected chi connectivity index (χ1v) is 9.68. The molecule has 7 heteroatoms. The van der Waals surface area contributed by atoms with Gasteiger partial charge in [0.25, 0.3) is 5.91 Å². The van der Waals surface area contributed by atoms with Gasteiger partial charge in [0.2, 0.25) is 5.88 Å². The number of anilines is 1. The highest BCUT2D eigenvalue weighted by atomic mass is 32.1. The Bertz CT molecular complexity index is 903. The van der Waals surface area contributed by atoms with E-state index in [0.717, 1.165) is 29.3 Å². The first-order valence-electron chi connectivity index (χ1n) is 8.80. The van der Waals surface area contributed by atoms with E-state index >= 15 is 0 Å². The van der Waals surface area contributed by atoms with Gasteiger partial charge in [0.1, 0.15) is 10.7 Å². The van der Waals surface area contributed by atoms with E-state index in [1.807, 2.05) is 58.9 Å². The maximum atomic E-state index is 12.8. The number of nitrogens with zero attached hydrogens (tertiary/aromatic N) is 4. The van der Waals surface area contributed by atoms with Crippen LogP contribution in [-0.4, -0.2) is 54.1 Å². The number of methoxy groups -OCH3 is 1. The van der Waals surface area contributed by atoms with Gasteiger partial charge in [-0.05, 0) is 6.07 Å². The molecule has 1 aliphatic rings. The SMILES string of the molecule is COc1ccc(N2CCN(C(=O)c3csc(-c4ccccc4)n3)CC2)cn1. The second kappa shape index (κ2) is 7.75. The number of carbonyl (C=O) groups is 1. The van der Waals surface area contributed by atoms with Crippen molar-refractivity contribution < 1.29 is 9.53 Å². The molecule has 0 atom stereocenters. The number of hydrogen-bond donors (Lipinski definition) is 0. The van der Waals surface area contributed by atoms with Gasteiger partial charge in [-0.3, -0.25) is 4.79 Å². The van der Waals surface area contributed by atoms with Crippen LogP contribution in [0.15, 0.2) is 54.0 Å². The summed E-state index contributed by atoms with van der Waals surface area (Å²) in [4.78, 5) is 25.7. The highest BCUT2D eigenvalue weighted by Gasteiger charge is 2.24. The molecule has 1 saturated heterocycles. The number of thiazole rings is 1. The van der Waals surface area contributed by atoms with Gasteiger partial charge in [-0.15, -0.1) is 11.3 Å². The van der Waals surface area contributed by atoms with Crippen molar-refractivity contribution >= 4 is 22.9 Å². The van der Waals surface area contributed by atoms with E-state index in [1.54, 1.807) is 7.11 Å². The van der Waals surface area contributed by atoms with Gasteiger partial charge in [0.15, 0.2) is 0 Å². The zero-order valence-electron chi connectivity index (χ0n) is 15.0. The number of ether oxygens (including phenoxy) is 1. The normalized spacial score (nSPS) is 14.3. The maximum absolute atomic E-state index is 12.8. The number of amides is 1. The van der Waals surface area contributed by atoms with Crippen molar-refractivity contribution in [3.8, 4) is 16.5 Å². The zero-order chi connectivity index (χ0) is 18.6. The summed E-state index contributed by atoms with van der Waals surface area (Å²) in [5.41, 5.74) is 2.61. The second-order valence-electron chi connectivity index (χ2n) is 6.24. The molecule has 3 heterocycles. The van der Waals surface area contributed by atoms with Crippen molar-refractivity contribution in [2.45, 2.75) is 0 Å². The predicted octanol–water partition coefficient (Wildman–Crippen LogP) is 3.18. The van der Waals surface area contributed by atoms with Gasteiger partial charge in [-0.25, -0.2) is 9.97 Å². The predicted molar refractivity (Wildman–Crippen MR) is 106 cm³/mol. The Morgan fingerprint density at radius 1 is 1.07 bits per heavy atom. The Morgan fingerprint density at radius 2 is 1.85 bits per heavy atom. The fourth-order valence-electron chi connectivity index (χ4n) is 3.10. The van der Waals surface area contributed by atoms with Crippen molar-refractivity contribution in [3.05, 3.63) is 59.7 Å². The van der Waals surface area contributed by atoms with Crippen LogP contribution in [0.1, 0.15) is 10.5 Å². The van der Waals surface area contributed by atoms with Crippen LogP contribution in [0.3, 0.4) is 0 Å². The number of carbonyl (C=O) groups excluding carboxylic acids is 1. The zero-order valence-corrected chi connectivity index (χ0v) is 15.9. The summed E-state index contributed by atoms with van der Waals surface area (Å²) < 4.78 is 5.10. The van der Waals surface area contributed by atoms with Crippen LogP contribution in [-0.2, 0) is 0 Å². The molecule has 0 spiro atoms. The summed E-state index contributed by atoms with van der Waals surface area (Å²) >= 11 is 1.51. The Hall–Kier alpha value is -2.93. The summed E-state index contributed by atoms with van der Waals surface area (Å²) in [6, 6.07) is 13.8. The topological polar surface area (TPSA) is 58.6 Å². The van der Waals surface area contributed by atoms with Crippen molar-refractivity contribution in [2.24, 2.45) is 0 Å². The molecule has 4 rings (SSSR count). The molecule has 138 valence electrons. The van der Waals surface area contributed by atoms with E-state index in [-0.39, 0.29) is 5.91 Å². The van der Waals surface area contributed by atoms with Crippen LogP contribution in [0.2, 0.25) is 0 Å². The van der Waals surface area contributed by atoms with E-state index in [1.165, 1.54) is 11.3 Å². The average molecular weight is 380 g/mol. The number of hydrogen-bond acceptors (Lipinski definition) is 6. The molecule has 1 fully saturated rings. The summed E-state index contributed by atoms with van der Waals surface area (Å²) in [5.74, 6) is 0.603. The first-order chi connectivity index (χ1) is 13.2. The number of aromatic nitrogens is 2. The maximum Gasteiger partial charge on any atom is 0.273 e. The molecule has 0 bridgehead atoms. The molecule has 0 saturated carbocycles. The number of piperazine rings is 1. The minimum atomic E-state index is 0.000868. The van der Waals surface area contributed by atoms with Gasteiger partial charge in [-0.1, -0.05) is 30.3 Å². The highest BCUT2D eigenvalue weighted by molar-refractivity contribution is 7.13. The molecule has 3 aromatic rings. The fourth-order valence-corrected chi connectivity index (χ4v) is 3.90. The molecule has 6 nitrogen and oxygen atoms in total. The van der Waals surface area contributed by atoms with Gasteiger partial charge in [-0.2, -0.15) is 0 Å². The number of pyridine rings is 1. The molecule has 0 N–H and O–H groups in total.